The van der Waals surface area contributed by atoms with E-state index in [1.54, 1.807) is 41.8 Å². The summed E-state index contributed by atoms with van der Waals surface area (Å²) in [5.74, 6) is -1.66. The van der Waals surface area contributed by atoms with Crippen molar-refractivity contribution in [3.8, 4) is 0 Å². The Balaban J connectivity index is 1.91. The molecule has 1 fully saturated rings. The van der Waals surface area contributed by atoms with Crippen molar-refractivity contribution < 1.29 is 14.7 Å². The van der Waals surface area contributed by atoms with Crippen molar-refractivity contribution in [1.29, 1.82) is 0 Å². The number of carboxylic acids is 1. The average molecular weight is 487 g/mol. The number of carbonyl (C=O) groups is 2. The van der Waals surface area contributed by atoms with Crippen molar-refractivity contribution >= 4 is 11.9 Å². The van der Waals surface area contributed by atoms with Gasteiger partial charge in [-0.05, 0) is 54.0 Å². The van der Waals surface area contributed by atoms with Crippen LogP contribution in [0.4, 0.5) is 0 Å². The molecule has 0 saturated carbocycles. The van der Waals surface area contributed by atoms with Crippen LogP contribution in [0, 0.1) is 5.92 Å². The van der Waals surface area contributed by atoms with Gasteiger partial charge in [0, 0.05) is 36.3 Å². The molecule has 1 saturated heterocycles. The lowest BCUT2D eigenvalue weighted by atomic mass is 9.82. The topological polar surface area (TPSA) is 96.3 Å². The maximum Gasteiger partial charge on any atom is 0.329 e. The van der Waals surface area contributed by atoms with Crippen molar-refractivity contribution in [2.75, 3.05) is 0 Å². The molecule has 3 atom stereocenters. The normalized spacial score (nSPS) is 22.1. The molecule has 4 rings (SSSR count). The van der Waals surface area contributed by atoms with Gasteiger partial charge < -0.3 is 10.0 Å². The van der Waals surface area contributed by atoms with Gasteiger partial charge >= 0.3 is 5.97 Å². The summed E-state index contributed by atoms with van der Waals surface area (Å²) in [7, 11) is 0. The maximum atomic E-state index is 14.3. The Morgan fingerprint density at radius 2 is 1.72 bits per heavy atom. The monoisotopic (exact) mass is 486 g/mol. The fourth-order valence-corrected chi connectivity index (χ4v) is 5.39. The minimum atomic E-state index is -1.42. The van der Waals surface area contributed by atoms with Crippen LogP contribution in [0.5, 0.6) is 0 Å². The molecule has 0 spiro atoms. The largest absolute Gasteiger partial charge is 0.479 e. The quantitative estimate of drug-likeness (QED) is 0.500. The van der Waals surface area contributed by atoms with E-state index >= 15 is 0 Å². The number of pyridine rings is 1. The lowest BCUT2D eigenvalue weighted by Crippen LogP contribution is -2.54. The van der Waals surface area contributed by atoms with E-state index in [1.807, 2.05) is 44.2 Å². The number of carbonyl (C=O) groups excluding carboxylic acids is 1. The van der Waals surface area contributed by atoms with Crippen molar-refractivity contribution in [1.82, 2.24) is 19.9 Å². The first-order valence-corrected chi connectivity index (χ1v) is 12.4. The summed E-state index contributed by atoms with van der Waals surface area (Å²) in [4.78, 5) is 42.3. The molecule has 3 aromatic rings. The lowest BCUT2D eigenvalue weighted by Gasteiger charge is -2.39. The highest BCUT2D eigenvalue weighted by molar-refractivity contribution is 5.99. The molecule has 36 heavy (non-hydrogen) atoms. The zero-order chi connectivity index (χ0) is 26.1. The number of benzene rings is 1. The van der Waals surface area contributed by atoms with E-state index in [2.05, 4.69) is 35.7 Å². The summed E-state index contributed by atoms with van der Waals surface area (Å²) in [5.41, 5.74) is 1.37. The third-order valence-corrected chi connectivity index (χ3v) is 6.99. The predicted octanol–water partition coefficient (Wildman–Crippen LogP) is 5.41. The van der Waals surface area contributed by atoms with Gasteiger partial charge in [0.1, 0.15) is 5.54 Å². The van der Waals surface area contributed by atoms with Crippen molar-refractivity contribution in [2.45, 2.75) is 70.4 Å². The minimum absolute atomic E-state index is 0.0460. The van der Waals surface area contributed by atoms with Gasteiger partial charge in [-0.1, -0.05) is 52.8 Å². The standard InChI is InChI=1S/C29H34N4O3/c1-19(2)16-29(27(35)36)17-22(24-18-30-14-15-32-24)25(23-8-6-7-13-31-23)33(29)26(34)20-9-11-21(12-10-20)28(3,4)5/h6-15,18-19,22,25H,16-17H2,1-5H3,(H,35,36)/t22-,25-,29+/m1/s1. The molecule has 2 aromatic heterocycles. The summed E-state index contributed by atoms with van der Waals surface area (Å²) < 4.78 is 0. The Labute approximate surface area is 212 Å². The van der Waals surface area contributed by atoms with Crippen LogP contribution in [0.1, 0.15) is 86.7 Å². The second kappa shape index (κ2) is 9.80. The SMILES string of the molecule is CC(C)C[C@@]1(C(=O)O)C[C@H](c2cnccn2)[C@H](c2ccccn2)N1C(=O)c1ccc(C(C)(C)C)cc1. The zero-order valence-electron chi connectivity index (χ0n) is 21.5. The number of aliphatic carboxylic acids is 1. The molecule has 1 aliphatic heterocycles. The van der Waals surface area contributed by atoms with Gasteiger partial charge in [-0.15, -0.1) is 0 Å². The van der Waals surface area contributed by atoms with E-state index < -0.39 is 17.6 Å². The molecule has 0 unspecified atom stereocenters. The molecule has 1 N–H and O–H groups in total. The lowest BCUT2D eigenvalue weighted by molar-refractivity contribution is -0.150. The fraction of sp³-hybridized carbons (Fsp3) is 0.414. The number of carboxylic acid groups (broad SMARTS) is 1. The highest BCUT2D eigenvalue weighted by Gasteiger charge is 2.60. The molecule has 188 valence electrons. The second-order valence-electron chi connectivity index (χ2n) is 11.1. The first-order chi connectivity index (χ1) is 17.0. The third-order valence-electron chi connectivity index (χ3n) is 6.99. The van der Waals surface area contributed by atoms with E-state index in [4.69, 9.17) is 0 Å². The molecule has 0 radical (unpaired) electrons. The second-order valence-corrected chi connectivity index (χ2v) is 11.1. The predicted molar refractivity (Wildman–Crippen MR) is 138 cm³/mol. The number of amides is 1. The van der Waals surface area contributed by atoms with Gasteiger partial charge in [-0.3, -0.25) is 19.7 Å². The van der Waals surface area contributed by atoms with E-state index in [0.717, 1.165) is 5.56 Å². The summed E-state index contributed by atoms with van der Waals surface area (Å²) >= 11 is 0. The Kier molecular flexibility index (Phi) is 6.94. The van der Waals surface area contributed by atoms with Crippen LogP contribution in [0.25, 0.3) is 0 Å². The number of nitrogens with zero attached hydrogens (tertiary/aromatic N) is 4. The van der Waals surface area contributed by atoms with Crippen LogP contribution in [0.3, 0.4) is 0 Å². The van der Waals surface area contributed by atoms with E-state index in [0.29, 0.717) is 23.4 Å². The Morgan fingerprint density at radius 3 is 2.25 bits per heavy atom. The van der Waals surface area contributed by atoms with Crippen molar-refractivity contribution in [2.24, 2.45) is 5.92 Å². The Bertz CT molecular complexity index is 1210. The zero-order valence-corrected chi connectivity index (χ0v) is 21.5. The molecule has 0 bridgehead atoms. The highest BCUT2D eigenvalue weighted by Crippen LogP contribution is 2.53. The number of aromatic nitrogens is 3. The van der Waals surface area contributed by atoms with Crippen LogP contribution < -0.4 is 0 Å². The van der Waals surface area contributed by atoms with Crippen molar-refractivity contribution in [3.05, 3.63) is 89.8 Å². The van der Waals surface area contributed by atoms with Gasteiger partial charge in [0.25, 0.3) is 5.91 Å². The molecule has 7 nitrogen and oxygen atoms in total. The average Bonchev–Trinajstić information content (AvgIpc) is 3.20. The maximum absolute atomic E-state index is 14.3. The highest BCUT2D eigenvalue weighted by atomic mass is 16.4. The number of hydrogen-bond acceptors (Lipinski definition) is 5. The molecule has 1 aromatic carbocycles. The molecule has 1 aliphatic rings. The Hall–Kier alpha value is -3.61. The summed E-state index contributed by atoms with van der Waals surface area (Å²) in [6.07, 6.45) is 7.07. The van der Waals surface area contributed by atoms with Gasteiger partial charge in [0.05, 0.1) is 17.4 Å². The fourth-order valence-electron chi connectivity index (χ4n) is 5.39. The molecular weight excluding hydrogens is 452 g/mol. The van der Waals surface area contributed by atoms with Crippen LogP contribution in [0.2, 0.25) is 0 Å². The Morgan fingerprint density at radius 1 is 1.03 bits per heavy atom. The minimum Gasteiger partial charge on any atom is -0.479 e. The number of hydrogen-bond donors (Lipinski definition) is 1. The number of likely N-dealkylation sites (tertiary alicyclic amines) is 1. The van der Waals surface area contributed by atoms with Gasteiger partial charge in [-0.2, -0.15) is 0 Å². The summed E-state index contributed by atoms with van der Waals surface area (Å²) in [6.45, 7) is 10.3. The third kappa shape index (κ3) is 4.74. The molecular formula is C29H34N4O3. The van der Waals surface area contributed by atoms with Crippen molar-refractivity contribution in [3.63, 3.8) is 0 Å². The molecule has 1 amide bonds. The van der Waals surface area contributed by atoms with Crippen LogP contribution in [0.15, 0.2) is 67.3 Å². The first kappa shape index (κ1) is 25.5. The smallest absolute Gasteiger partial charge is 0.329 e. The van der Waals surface area contributed by atoms with E-state index in [9.17, 15) is 14.7 Å². The van der Waals surface area contributed by atoms with Crippen LogP contribution in [-0.4, -0.2) is 42.4 Å². The first-order valence-electron chi connectivity index (χ1n) is 12.4. The molecule has 7 heteroatoms. The summed E-state index contributed by atoms with van der Waals surface area (Å²) in [6, 6.07) is 12.4. The van der Waals surface area contributed by atoms with Gasteiger partial charge in [0.2, 0.25) is 0 Å². The van der Waals surface area contributed by atoms with Crippen LogP contribution >= 0.6 is 0 Å². The van der Waals surface area contributed by atoms with Crippen LogP contribution in [-0.2, 0) is 10.2 Å². The summed E-state index contributed by atoms with van der Waals surface area (Å²) in [5, 5.41) is 10.7. The molecule has 3 heterocycles. The van der Waals surface area contributed by atoms with Gasteiger partial charge in [0.15, 0.2) is 0 Å². The van der Waals surface area contributed by atoms with Gasteiger partial charge in [-0.25, -0.2) is 4.79 Å². The molecule has 0 aliphatic carbocycles. The van der Waals surface area contributed by atoms with E-state index in [-0.39, 0.29) is 29.6 Å². The number of rotatable bonds is 6. The van der Waals surface area contributed by atoms with E-state index in [1.165, 1.54) is 0 Å².